The lowest BCUT2D eigenvalue weighted by atomic mass is 9.85. The van der Waals surface area contributed by atoms with Crippen LogP contribution in [0.1, 0.15) is 29.8 Å². The fourth-order valence-electron chi connectivity index (χ4n) is 1.46. The quantitative estimate of drug-likeness (QED) is 0.718. The van der Waals surface area contributed by atoms with Gasteiger partial charge in [0, 0.05) is 16.6 Å². The zero-order valence-corrected chi connectivity index (χ0v) is 10.1. The van der Waals surface area contributed by atoms with Crippen LogP contribution in [0.25, 0.3) is 0 Å². The van der Waals surface area contributed by atoms with Gasteiger partial charge in [0.05, 0.1) is 0 Å². The number of hydrogen-bond donors (Lipinski definition) is 3. The maximum absolute atomic E-state index is 11.5. The van der Waals surface area contributed by atoms with Crippen molar-refractivity contribution in [1.82, 2.24) is 15.8 Å². The van der Waals surface area contributed by atoms with Gasteiger partial charge in [-0.1, -0.05) is 6.42 Å². The molecule has 1 saturated carbocycles. The summed E-state index contributed by atoms with van der Waals surface area (Å²) in [7, 11) is 0. The van der Waals surface area contributed by atoms with Gasteiger partial charge in [0.25, 0.3) is 5.91 Å². The molecule has 0 atom stereocenters. The molecule has 0 aromatic carbocycles. The Morgan fingerprint density at radius 2 is 2.12 bits per heavy atom. The van der Waals surface area contributed by atoms with E-state index in [4.69, 9.17) is 0 Å². The van der Waals surface area contributed by atoms with Crippen LogP contribution >= 0.6 is 15.9 Å². The smallest absolute Gasteiger partial charge is 0.286 e. The van der Waals surface area contributed by atoms with Crippen molar-refractivity contribution in [3.8, 4) is 0 Å². The summed E-state index contributed by atoms with van der Waals surface area (Å²) in [6, 6.07) is 1.64. The number of halogens is 1. The van der Waals surface area contributed by atoms with Crippen LogP contribution in [-0.2, 0) is 4.79 Å². The van der Waals surface area contributed by atoms with Crippen molar-refractivity contribution in [2.45, 2.75) is 19.3 Å². The number of carbonyl (C=O) groups is 2. The van der Waals surface area contributed by atoms with E-state index >= 15 is 0 Å². The number of hydrazine groups is 1. The standard InChI is InChI=1S/C10H12BrN3O2/c11-7-4-8(12-5-7)10(16)14-13-9(15)6-2-1-3-6/h4-6,12H,1-3H2,(H,13,15)(H,14,16). The summed E-state index contributed by atoms with van der Waals surface area (Å²) in [6.07, 6.45) is 4.57. The second-order valence-electron chi connectivity index (χ2n) is 3.80. The summed E-state index contributed by atoms with van der Waals surface area (Å²) >= 11 is 3.23. The van der Waals surface area contributed by atoms with Crippen LogP contribution in [0.15, 0.2) is 16.7 Å². The van der Waals surface area contributed by atoms with Crippen LogP contribution in [0.4, 0.5) is 0 Å². The Bertz CT molecular complexity index is 412. The van der Waals surface area contributed by atoms with E-state index in [1.165, 1.54) is 0 Å². The zero-order chi connectivity index (χ0) is 11.5. The molecule has 1 aromatic rings. The van der Waals surface area contributed by atoms with E-state index in [2.05, 4.69) is 31.8 Å². The average Bonchev–Trinajstić information content (AvgIpc) is 2.58. The lowest BCUT2D eigenvalue weighted by Gasteiger charge is -2.23. The molecule has 2 amide bonds. The van der Waals surface area contributed by atoms with E-state index in [-0.39, 0.29) is 17.7 Å². The first-order valence-electron chi connectivity index (χ1n) is 5.11. The minimum atomic E-state index is -0.349. The van der Waals surface area contributed by atoms with E-state index in [1.54, 1.807) is 12.3 Å². The van der Waals surface area contributed by atoms with Gasteiger partial charge in [-0.25, -0.2) is 0 Å². The fourth-order valence-corrected chi connectivity index (χ4v) is 1.80. The van der Waals surface area contributed by atoms with Gasteiger partial charge < -0.3 is 4.98 Å². The highest BCUT2D eigenvalue weighted by Gasteiger charge is 2.25. The molecular formula is C10H12BrN3O2. The molecule has 1 aliphatic carbocycles. The van der Waals surface area contributed by atoms with Gasteiger partial charge in [0.1, 0.15) is 5.69 Å². The Hall–Kier alpha value is -1.30. The molecule has 3 N–H and O–H groups in total. The minimum Gasteiger partial charge on any atom is -0.356 e. The molecule has 86 valence electrons. The lowest BCUT2D eigenvalue weighted by molar-refractivity contribution is -0.128. The van der Waals surface area contributed by atoms with Crippen molar-refractivity contribution < 1.29 is 9.59 Å². The van der Waals surface area contributed by atoms with Crippen LogP contribution < -0.4 is 10.9 Å². The van der Waals surface area contributed by atoms with Gasteiger partial charge in [-0.05, 0) is 34.8 Å². The molecule has 0 radical (unpaired) electrons. The van der Waals surface area contributed by atoms with Crippen LogP contribution in [0.3, 0.4) is 0 Å². The fraction of sp³-hybridized carbons (Fsp3) is 0.400. The molecule has 2 rings (SSSR count). The summed E-state index contributed by atoms with van der Waals surface area (Å²) in [5.74, 6) is -0.390. The van der Waals surface area contributed by atoms with Gasteiger partial charge in [-0.15, -0.1) is 0 Å². The summed E-state index contributed by atoms with van der Waals surface area (Å²) in [5.41, 5.74) is 5.19. The molecule has 6 heteroatoms. The topological polar surface area (TPSA) is 74.0 Å². The second-order valence-corrected chi connectivity index (χ2v) is 4.72. The number of amides is 2. The van der Waals surface area contributed by atoms with E-state index in [0.29, 0.717) is 5.69 Å². The molecule has 1 fully saturated rings. The molecule has 1 aliphatic rings. The van der Waals surface area contributed by atoms with Crippen molar-refractivity contribution in [3.05, 3.63) is 22.4 Å². The van der Waals surface area contributed by atoms with Gasteiger partial charge in [0.15, 0.2) is 0 Å². The number of aromatic nitrogens is 1. The molecule has 5 nitrogen and oxygen atoms in total. The van der Waals surface area contributed by atoms with Crippen molar-refractivity contribution in [3.63, 3.8) is 0 Å². The first-order valence-corrected chi connectivity index (χ1v) is 5.90. The third kappa shape index (κ3) is 2.44. The van der Waals surface area contributed by atoms with Gasteiger partial charge in [0.2, 0.25) is 5.91 Å². The summed E-state index contributed by atoms with van der Waals surface area (Å²) in [5, 5.41) is 0. The first-order chi connectivity index (χ1) is 7.66. The predicted octanol–water partition coefficient (Wildman–Crippen LogP) is 1.34. The third-order valence-electron chi connectivity index (χ3n) is 2.67. The predicted molar refractivity (Wildman–Crippen MR) is 61.4 cm³/mol. The van der Waals surface area contributed by atoms with Gasteiger partial charge >= 0.3 is 0 Å². The maximum Gasteiger partial charge on any atom is 0.286 e. The van der Waals surface area contributed by atoms with Crippen LogP contribution in [0.2, 0.25) is 0 Å². The minimum absolute atomic E-state index is 0.0654. The summed E-state index contributed by atoms with van der Waals surface area (Å²) < 4.78 is 0.794. The Morgan fingerprint density at radius 3 is 2.62 bits per heavy atom. The Balaban J connectivity index is 1.81. The average molecular weight is 286 g/mol. The molecule has 0 bridgehead atoms. The molecule has 1 heterocycles. The van der Waals surface area contributed by atoms with Crippen LogP contribution in [0.5, 0.6) is 0 Å². The molecule has 0 aliphatic heterocycles. The number of rotatable bonds is 2. The number of H-pyrrole nitrogens is 1. The lowest BCUT2D eigenvalue weighted by Crippen LogP contribution is -2.46. The van der Waals surface area contributed by atoms with E-state index < -0.39 is 0 Å². The first kappa shape index (κ1) is 11.2. The molecule has 16 heavy (non-hydrogen) atoms. The molecule has 0 saturated heterocycles. The normalized spacial score (nSPS) is 15.3. The monoisotopic (exact) mass is 285 g/mol. The Kier molecular flexibility index (Phi) is 3.28. The Morgan fingerprint density at radius 1 is 1.38 bits per heavy atom. The van der Waals surface area contributed by atoms with E-state index in [1.807, 2.05) is 0 Å². The number of carbonyl (C=O) groups excluding carboxylic acids is 2. The van der Waals surface area contributed by atoms with Crippen molar-refractivity contribution >= 4 is 27.7 Å². The van der Waals surface area contributed by atoms with Crippen molar-refractivity contribution in [2.24, 2.45) is 5.92 Å². The molecular weight excluding hydrogens is 274 g/mol. The SMILES string of the molecule is O=C(NNC(=O)C1CCC1)c1cc(Br)c[nH]1. The van der Waals surface area contributed by atoms with Crippen LogP contribution in [-0.4, -0.2) is 16.8 Å². The van der Waals surface area contributed by atoms with E-state index in [9.17, 15) is 9.59 Å². The van der Waals surface area contributed by atoms with Gasteiger partial charge in [-0.2, -0.15) is 0 Å². The number of nitrogens with one attached hydrogen (secondary N) is 3. The van der Waals surface area contributed by atoms with Gasteiger partial charge in [-0.3, -0.25) is 20.4 Å². The molecule has 0 spiro atoms. The maximum atomic E-state index is 11.5. The molecule has 0 unspecified atom stereocenters. The molecule has 1 aromatic heterocycles. The van der Waals surface area contributed by atoms with Crippen molar-refractivity contribution in [1.29, 1.82) is 0 Å². The number of aromatic amines is 1. The largest absolute Gasteiger partial charge is 0.356 e. The third-order valence-corrected chi connectivity index (χ3v) is 3.13. The highest BCUT2D eigenvalue weighted by molar-refractivity contribution is 9.10. The highest BCUT2D eigenvalue weighted by Crippen LogP contribution is 2.25. The highest BCUT2D eigenvalue weighted by atomic mass is 79.9. The Labute approximate surface area is 101 Å². The van der Waals surface area contributed by atoms with Crippen LogP contribution in [0, 0.1) is 5.92 Å². The summed E-state index contributed by atoms with van der Waals surface area (Å²) in [6.45, 7) is 0. The zero-order valence-electron chi connectivity index (χ0n) is 8.55. The second kappa shape index (κ2) is 4.69. The van der Waals surface area contributed by atoms with E-state index in [0.717, 1.165) is 23.7 Å². The van der Waals surface area contributed by atoms with Crippen molar-refractivity contribution in [2.75, 3.05) is 0 Å². The summed E-state index contributed by atoms with van der Waals surface area (Å²) in [4.78, 5) is 25.7. The number of hydrogen-bond acceptors (Lipinski definition) is 2.